The van der Waals surface area contributed by atoms with Crippen LogP contribution in [0.15, 0.2) is 61.2 Å². The number of nitrogens with one attached hydrogen (secondary N) is 1. The van der Waals surface area contributed by atoms with Crippen LogP contribution in [0, 0.1) is 0 Å². The van der Waals surface area contributed by atoms with Crippen molar-refractivity contribution in [2.24, 2.45) is 7.05 Å². The number of hydrogen-bond acceptors (Lipinski definition) is 7. The third kappa shape index (κ3) is 3.60. The molecule has 1 N–H and O–H groups in total. The molecule has 0 amide bonds. The van der Waals surface area contributed by atoms with Crippen LogP contribution < -0.4 is 15.0 Å². The standard InChI is InChI=1S/C25H25N7O2/c1-30-22-13-17(3-4-18(22)15-27-30)20-16-32-8-7-26-25(32)24(29-20)28-19-5-6-21(23(14-19)33-2)31-9-11-34-12-10-31/h3-8,13-16H,9-12H2,1-2H3,(H,28,29). The molecule has 172 valence electrons. The summed E-state index contributed by atoms with van der Waals surface area (Å²) < 4.78 is 15.1. The number of morpholine rings is 1. The van der Waals surface area contributed by atoms with Crippen molar-refractivity contribution < 1.29 is 9.47 Å². The second-order valence-corrected chi connectivity index (χ2v) is 8.29. The predicted octanol–water partition coefficient (Wildman–Crippen LogP) is 3.87. The molecule has 0 aliphatic carbocycles. The van der Waals surface area contributed by atoms with Crippen LogP contribution in [0.1, 0.15) is 0 Å². The molecule has 9 heteroatoms. The van der Waals surface area contributed by atoms with E-state index in [-0.39, 0.29) is 0 Å². The molecule has 0 unspecified atom stereocenters. The second-order valence-electron chi connectivity index (χ2n) is 8.29. The summed E-state index contributed by atoms with van der Waals surface area (Å²) in [6.07, 6.45) is 7.56. The van der Waals surface area contributed by atoms with Crippen molar-refractivity contribution in [2.45, 2.75) is 0 Å². The lowest BCUT2D eigenvalue weighted by Gasteiger charge is -2.30. The van der Waals surface area contributed by atoms with Crippen LogP contribution in [0.5, 0.6) is 5.75 Å². The summed E-state index contributed by atoms with van der Waals surface area (Å²) in [7, 11) is 3.64. The van der Waals surface area contributed by atoms with E-state index in [1.54, 1.807) is 13.3 Å². The molecule has 1 aliphatic heterocycles. The zero-order chi connectivity index (χ0) is 23.1. The van der Waals surface area contributed by atoms with E-state index in [9.17, 15) is 0 Å². The van der Waals surface area contributed by atoms with Crippen molar-refractivity contribution in [3.05, 3.63) is 61.2 Å². The first-order valence-corrected chi connectivity index (χ1v) is 11.2. The first kappa shape index (κ1) is 20.5. The average Bonchev–Trinajstić information content (AvgIpc) is 3.51. The number of benzene rings is 2. The Morgan fingerprint density at radius 2 is 1.97 bits per heavy atom. The molecule has 0 saturated carbocycles. The molecule has 9 nitrogen and oxygen atoms in total. The SMILES string of the molecule is COc1cc(Nc2nc(-c3ccc4cnn(C)c4c3)cn3ccnc23)ccc1N1CCOCC1. The van der Waals surface area contributed by atoms with E-state index in [2.05, 4.69) is 44.6 Å². The van der Waals surface area contributed by atoms with Gasteiger partial charge in [0.15, 0.2) is 11.5 Å². The molecule has 1 fully saturated rings. The number of aryl methyl sites for hydroxylation is 1. The van der Waals surface area contributed by atoms with E-state index in [1.165, 1.54) is 0 Å². The highest BCUT2D eigenvalue weighted by Gasteiger charge is 2.17. The lowest BCUT2D eigenvalue weighted by Crippen LogP contribution is -2.36. The lowest BCUT2D eigenvalue weighted by molar-refractivity contribution is 0.122. The summed E-state index contributed by atoms with van der Waals surface area (Å²) in [6.45, 7) is 3.15. The Morgan fingerprint density at radius 1 is 1.09 bits per heavy atom. The van der Waals surface area contributed by atoms with Gasteiger partial charge in [0, 0.05) is 61.4 Å². The Bertz CT molecular complexity index is 1480. The Hall–Kier alpha value is -4.11. The van der Waals surface area contributed by atoms with Crippen molar-refractivity contribution in [2.75, 3.05) is 43.6 Å². The fourth-order valence-electron chi connectivity index (χ4n) is 4.42. The van der Waals surface area contributed by atoms with Gasteiger partial charge in [-0.1, -0.05) is 12.1 Å². The average molecular weight is 456 g/mol. The van der Waals surface area contributed by atoms with Gasteiger partial charge in [-0.05, 0) is 18.2 Å². The number of aromatic nitrogens is 5. The van der Waals surface area contributed by atoms with E-state index in [0.29, 0.717) is 5.82 Å². The van der Waals surface area contributed by atoms with E-state index < -0.39 is 0 Å². The Balaban J connectivity index is 1.38. The summed E-state index contributed by atoms with van der Waals surface area (Å²) in [4.78, 5) is 11.7. The molecule has 3 aromatic heterocycles. The molecule has 0 atom stereocenters. The number of methoxy groups -OCH3 is 1. The van der Waals surface area contributed by atoms with Gasteiger partial charge in [0.1, 0.15) is 5.75 Å². The quantitative estimate of drug-likeness (QED) is 0.431. The van der Waals surface area contributed by atoms with Crippen LogP contribution >= 0.6 is 0 Å². The molecule has 6 rings (SSSR count). The highest BCUT2D eigenvalue weighted by atomic mass is 16.5. The van der Waals surface area contributed by atoms with E-state index in [1.807, 2.05) is 46.9 Å². The maximum absolute atomic E-state index is 5.71. The third-order valence-corrected chi connectivity index (χ3v) is 6.21. The van der Waals surface area contributed by atoms with Gasteiger partial charge in [0.05, 0.1) is 43.4 Å². The van der Waals surface area contributed by atoms with Gasteiger partial charge in [-0.15, -0.1) is 0 Å². The fraction of sp³-hybridized carbons (Fsp3) is 0.240. The summed E-state index contributed by atoms with van der Waals surface area (Å²) in [5.41, 5.74) is 5.60. The molecule has 0 spiro atoms. The van der Waals surface area contributed by atoms with E-state index in [0.717, 1.165) is 71.2 Å². The molecule has 1 saturated heterocycles. The zero-order valence-electron chi connectivity index (χ0n) is 19.1. The van der Waals surface area contributed by atoms with Gasteiger partial charge in [-0.25, -0.2) is 9.97 Å². The van der Waals surface area contributed by atoms with Gasteiger partial charge in [0.2, 0.25) is 0 Å². The minimum Gasteiger partial charge on any atom is -0.495 e. The Kier molecular flexibility index (Phi) is 5.03. The van der Waals surface area contributed by atoms with Gasteiger partial charge in [-0.3, -0.25) is 4.68 Å². The summed E-state index contributed by atoms with van der Waals surface area (Å²) in [6, 6.07) is 12.4. The minimum absolute atomic E-state index is 0.675. The third-order valence-electron chi connectivity index (χ3n) is 6.21. The minimum atomic E-state index is 0.675. The first-order valence-electron chi connectivity index (χ1n) is 11.2. The number of ether oxygens (including phenoxy) is 2. The summed E-state index contributed by atoms with van der Waals surface area (Å²) in [5, 5.41) is 8.90. The van der Waals surface area contributed by atoms with Gasteiger partial charge in [0.25, 0.3) is 0 Å². The van der Waals surface area contributed by atoms with Gasteiger partial charge < -0.3 is 24.1 Å². The molecule has 0 radical (unpaired) electrons. The molecular weight excluding hydrogens is 430 g/mol. The van der Waals surface area contributed by atoms with E-state index in [4.69, 9.17) is 14.5 Å². The lowest BCUT2D eigenvalue weighted by atomic mass is 10.1. The van der Waals surface area contributed by atoms with Crippen molar-refractivity contribution in [1.82, 2.24) is 24.1 Å². The maximum atomic E-state index is 5.71. The fourth-order valence-corrected chi connectivity index (χ4v) is 4.42. The number of nitrogens with zero attached hydrogens (tertiary/aromatic N) is 6. The number of rotatable bonds is 5. The largest absolute Gasteiger partial charge is 0.495 e. The normalized spacial score (nSPS) is 14.1. The highest BCUT2D eigenvalue weighted by molar-refractivity contribution is 5.84. The van der Waals surface area contributed by atoms with Crippen LogP contribution in [-0.4, -0.2) is 57.6 Å². The van der Waals surface area contributed by atoms with E-state index >= 15 is 0 Å². The monoisotopic (exact) mass is 455 g/mol. The number of hydrogen-bond donors (Lipinski definition) is 1. The Labute approximate surface area is 196 Å². The van der Waals surface area contributed by atoms with Crippen molar-refractivity contribution in [3.63, 3.8) is 0 Å². The first-order chi connectivity index (χ1) is 16.7. The van der Waals surface area contributed by atoms with Crippen LogP contribution in [0.2, 0.25) is 0 Å². The zero-order valence-corrected chi connectivity index (χ0v) is 19.1. The molecule has 4 heterocycles. The van der Waals surface area contributed by atoms with Crippen LogP contribution in [0.25, 0.3) is 27.8 Å². The number of imidazole rings is 1. The topological polar surface area (TPSA) is 81.7 Å². The second kappa shape index (κ2) is 8.35. The highest BCUT2D eigenvalue weighted by Crippen LogP contribution is 2.34. The summed E-state index contributed by atoms with van der Waals surface area (Å²) >= 11 is 0. The predicted molar refractivity (Wildman–Crippen MR) is 132 cm³/mol. The summed E-state index contributed by atoms with van der Waals surface area (Å²) in [5.74, 6) is 1.48. The molecule has 34 heavy (non-hydrogen) atoms. The molecule has 0 bridgehead atoms. The van der Waals surface area contributed by atoms with Crippen molar-refractivity contribution >= 4 is 33.7 Å². The van der Waals surface area contributed by atoms with Gasteiger partial charge >= 0.3 is 0 Å². The molecule has 5 aromatic rings. The van der Waals surface area contributed by atoms with Crippen molar-refractivity contribution in [1.29, 1.82) is 0 Å². The number of fused-ring (bicyclic) bond motifs is 2. The maximum Gasteiger partial charge on any atom is 0.180 e. The molecular formula is C25H25N7O2. The van der Waals surface area contributed by atoms with Gasteiger partial charge in [-0.2, -0.15) is 5.10 Å². The van der Waals surface area contributed by atoms with Crippen LogP contribution in [0.3, 0.4) is 0 Å². The molecule has 1 aliphatic rings. The van der Waals surface area contributed by atoms with Crippen molar-refractivity contribution in [3.8, 4) is 17.0 Å². The van der Waals surface area contributed by atoms with Crippen LogP contribution in [-0.2, 0) is 11.8 Å². The Morgan fingerprint density at radius 3 is 2.82 bits per heavy atom. The molecule has 2 aromatic carbocycles. The van der Waals surface area contributed by atoms with Crippen LogP contribution in [0.4, 0.5) is 17.2 Å². The number of anilines is 3. The smallest absolute Gasteiger partial charge is 0.180 e.